The van der Waals surface area contributed by atoms with Gasteiger partial charge in [-0.05, 0) is 18.6 Å². The van der Waals surface area contributed by atoms with E-state index in [0.29, 0.717) is 18.1 Å². The molecule has 88 valence electrons. The Balaban J connectivity index is 2.08. The van der Waals surface area contributed by atoms with Crippen molar-refractivity contribution in [3.05, 3.63) is 40.0 Å². The van der Waals surface area contributed by atoms with Gasteiger partial charge in [0.15, 0.2) is 0 Å². The van der Waals surface area contributed by atoms with Crippen LogP contribution in [-0.2, 0) is 6.54 Å². The quantitative estimate of drug-likeness (QED) is 0.863. The van der Waals surface area contributed by atoms with Gasteiger partial charge in [-0.1, -0.05) is 6.07 Å². The van der Waals surface area contributed by atoms with Gasteiger partial charge in [-0.3, -0.25) is 4.79 Å². The van der Waals surface area contributed by atoms with Crippen molar-refractivity contribution in [3.63, 3.8) is 0 Å². The predicted octanol–water partition coefficient (Wildman–Crippen LogP) is 1.56. The highest BCUT2D eigenvalue weighted by atomic mass is 32.1. The molecule has 2 aromatic heterocycles. The fourth-order valence-corrected chi connectivity index (χ4v) is 1.89. The van der Waals surface area contributed by atoms with Gasteiger partial charge in [-0.2, -0.15) is 0 Å². The maximum absolute atomic E-state index is 11.8. The van der Waals surface area contributed by atoms with Crippen molar-refractivity contribution in [2.24, 2.45) is 5.73 Å². The summed E-state index contributed by atoms with van der Waals surface area (Å²) in [7, 11) is 0. The summed E-state index contributed by atoms with van der Waals surface area (Å²) in [5.41, 5.74) is 6.85. The second kappa shape index (κ2) is 5.03. The first-order valence-electron chi connectivity index (χ1n) is 5.07. The standard InChI is InChI=1S/C11H12N4OS/c1-7-2-3-9(13-5-7)15-11(16)8-6-17-10(4-12)14-8/h2-3,5-6H,4,12H2,1H3,(H,13,15,16). The maximum Gasteiger partial charge on any atom is 0.276 e. The van der Waals surface area contributed by atoms with Crippen LogP contribution in [0.5, 0.6) is 0 Å². The summed E-state index contributed by atoms with van der Waals surface area (Å²) in [5.74, 6) is 0.250. The van der Waals surface area contributed by atoms with Crippen LogP contribution in [0.3, 0.4) is 0 Å². The number of thiazole rings is 1. The maximum atomic E-state index is 11.8. The van der Waals surface area contributed by atoms with Crippen molar-refractivity contribution in [2.45, 2.75) is 13.5 Å². The molecule has 1 amide bonds. The first-order chi connectivity index (χ1) is 8.19. The molecule has 0 unspecified atom stereocenters. The average Bonchev–Trinajstić information content (AvgIpc) is 2.81. The highest BCUT2D eigenvalue weighted by Crippen LogP contribution is 2.11. The number of hydrogen-bond acceptors (Lipinski definition) is 5. The van der Waals surface area contributed by atoms with Crippen LogP contribution in [-0.4, -0.2) is 15.9 Å². The van der Waals surface area contributed by atoms with Gasteiger partial charge >= 0.3 is 0 Å². The number of amides is 1. The highest BCUT2D eigenvalue weighted by Gasteiger charge is 2.10. The SMILES string of the molecule is Cc1ccc(NC(=O)c2csc(CN)n2)nc1. The lowest BCUT2D eigenvalue weighted by molar-refractivity contribution is 0.102. The van der Waals surface area contributed by atoms with Crippen LogP contribution in [0, 0.1) is 6.92 Å². The molecule has 0 atom stereocenters. The van der Waals surface area contributed by atoms with Gasteiger partial charge in [0.1, 0.15) is 16.5 Å². The summed E-state index contributed by atoms with van der Waals surface area (Å²) >= 11 is 1.37. The third-order valence-corrected chi connectivity index (χ3v) is 2.98. The topological polar surface area (TPSA) is 80.9 Å². The van der Waals surface area contributed by atoms with Gasteiger partial charge in [-0.25, -0.2) is 9.97 Å². The first kappa shape index (κ1) is 11.7. The molecule has 0 saturated carbocycles. The Labute approximate surface area is 103 Å². The summed E-state index contributed by atoms with van der Waals surface area (Å²) in [6.07, 6.45) is 1.70. The third kappa shape index (κ3) is 2.86. The van der Waals surface area contributed by atoms with Gasteiger partial charge < -0.3 is 11.1 Å². The summed E-state index contributed by atoms with van der Waals surface area (Å²) in [4.78, 5) is 20.0. The summed E-state index contributed by atoms with van der Waals surface area (Å²) in [6, 6.07) is 3.64. The molecule has 0 radical (unpaired) electrons. The Bertz CT molecular complexity index is 521. The smallest absolute Gasteiger partial charge is 0.276 e. The van der Waals surface area contributed by atoms with Gasteiger partial charge in [0, 0.05) is 18.1 Å². The second-order valence-corrected chi connectivity index (χ2v) is 4.45. The zero-order chi connectivity index (χ0) is 12.3. The van der Waals surface area contributed by atoms with E-state index in [4.69, 9.17) is 5.73 Å². The van der Waals surface area contributed by atoms with Crippen LogP contribution in [0.1, 0.15) is 21.1 Å². The molecule has 0 aliphatic carbocycles. The molecule has 0 saturated heterocycles. The van der Waals surface area contributed by atoms with Crippen molar-refractivity contribution < 1.29 is 4.79 Å². The van der Waals surface area contributed by atoms with Gasteiger partial charge in [-0.15, -0.1) is 11.3 Å². The number of nitrogens with two attached hydrogens (primary N) is 1. The Hall–Kier alpha value is -1.79. The van der Waals surface area contributed by atoms with Crippen LogP contribution < -0.4 is 11.1 Å². The molecule has 5 nitrogen and oxygen atoms in total. The van der Waals surface area contributed by atoms with Crippen LogP contribution in [0.4, 0.5) is 5.82 Å². The van der Waals surface area contributed by atoms with Crippen molar-refractivity contribution in [3.8, 4) is 0 Å². The number of aromatic nitrogens is 2. The van der Waals surface area contributed by atoms with Crippen LogP contribution in [0.25, 0.3) is 0 Å². The van der Waals surface area contributed by atoms with E-state index in [9.17, 15) is 4.79 Å². The molecule has 2 aromatic rings. The molecular weight excluding hydrogens is 236 g/mol. The van der Waals surface area contributed by atoms with Gasteiger partial charge in [0.25, 0.3) is 5.91 Å². The molecule has 6 heteroatoms. The molecular formula is C11H12N4OS. The van der Waals surface area contributed by atoms with E-state index in [0.717, 1.165) is 10.6 Å². The molecule has 0 spiro atoms. The monoisotopic (exact) mass is 248 g/mol. The van der Waals surface area contributed by atoms with Gasteiger partial charge in [0.2, 0.25) is 0 Å². The number of aryl methyl sites for hydroxylation is 1. The zero-order valence-electron chi connectivity index (χ0n) is 9.30. The van der Waals surface area contributed by atoms with E-state index in [-0.39, 0.29) is 5.91 Å². The van der Waals surface area contributed by atoms with E-state index in [1.165, 1.54) is 11.3 Å². The molecule has 17 heavy (non-hydrogen) atoms. The molecule has 2 heterocycles. The third-order valence-electron chi connectivity index (χ3n) is 2.11. The van der Waals surface area contributed by atoms with Crippen LogP contribution >= 0.6 is 11.3 Å². The van der Waals surface area contributed by atoms with E-state index >= 15 is 0 Å². The van der Waals surface area contributed by atoms with E-state index in [1.54, 1.807) is 17.6 Å². The van der Waals surface area contributed by atoms with Crippen molar-refractivity contribution >= 4 is 23.1 Å². The molecule has 2 rings (SSSR count). The van der Waals surface area contributed by atoms with Crippen molar-refractivity contribution in [1.29, 1.82) is 0 Å². The Morgan fingerprint density at radius 3 is 2.94 bits per heavy atom. The lowest BCUT2D eigenvalue weighted by Crippen LogP contribution is -2.13. The molecule has 0 fully saturated rings. The number of pyridine rings is 1. The predicted molar refractivity (Wildman–Crippen MR) is 66.9 cm³/mol. The Kier molecular flexibility index (Phi) is 3.46. The Morgan fingerprint density at radius 2 is 2.35 bits per heavy atom. The molecule has 0 aliphatic rings. The van der Waals surface area contributed by atoms with Gasteiger partial charge in [0.05, 0.1) is 0 Å². The van der Waals surface area contributed by atoms with E-state index < -0.39 is 0 Å². The lowest BCUT2D eigenvalue weighted by Gasteiger charge is -2.01. The number of carbonyl (C=O) groups is 1. The second-order valence-electron chi connectivity index (χ2n) is 3.51. The molecule has 0 aliphatic heterocycles. The van der Waals surface area contributed by atoms with Crippen LogP contribution in [0.2, 0.25) is 0 Å². The highest BCUT2D eigenvalue weighted by molar-refractivity contribution is 7.09. The number of carbonyl (C=O) groups excluding carboxylic acids is 1. The first-order valence-corrected chi connectivity index (χ1v) is 5.95. The average molecular weight is 248 g/mol. The Morgan fingerprint density at radius 1 is 1.53 bits per heavy atom. The molecule has 3 N–H and O–H groups in total. The number of hydrogen-bond donors (Lipinski definition) is 2. The minimum absolute atomic E-state index is 0.266. The lowest BCUT2D eigenvalue weighted by atomic mass is 10.3. The van der Waals surface area contributed by atoms with Crippen LogP contribution in [0.15, 0.2) is 23.7 Å². The normalized spacial score (nSPS) is 10.2. The van der Waals surface area contributed by atoms with E-state index in [2.05, 4.69) is 15.3 Å². The number of rotatable bonds is 3. The fraction of sp³-hybridized carbons (Fsp3) is 0.182. The number of nitrogens with one attached hydrogen (secondary N) is 1. The summed E-state index contributed by atoms with van der Waals surface area (Å²) in [6.45, 7) is 2.29. The fourth-order valence-electron chi connectivity index (χ4n) is 1.23. The molecule has 0 aromatic carbocycles. The largest absolute Gasteiger partial charge is 0.325 e. The minimum atomic E-state index is -0.266. The van der Waals surface area contributed by atoms with Crippen molar-refractivity contribution in [2.75, 3.05) is 5.32 Å². The number of anilines is 1. The summed E-state index contributed by atoms with van der Waals surface area (Å²) in [5, 5.41) is 5.10. The molecule has 0 bridgehead atoms. The van der Waals surface area contributed by atoms with Crippen molar-refractivity contribution in [1.82, 2.24) is 9.97 Å². The zero-order valence-corrected chi connectivity index (χ0v) is 10.1. The van der Waals surface area contributed by atoms with E-state index in [1.807, 2.05) is 13.0 Å². The summed E-state index contributed by atoms with van der Waals surface area (Å²) < 4.78 is 0. The minimum Gasteiger partial charge on any atom is -0.325 e. The number of nitrogens with zero attached hydrogens (tertiary/aromatic N) is 2.